The predicted octanol–water partition coefficient (Wildman–Crippen LogP) is 1.75. The highest BCUT2D eigenvalue weighted by molar-refractivity contribution is 5.68. The Kier molecular flexibility index (Phi) is 4.06. The van der Waals surface area contributed by atoms with Crippen LogP contribution in [0.4, 0.5) is 4.79 Å². The molecule has 2 rings (SSSR count). The number of rotatable bonds is 0. The lowest BCUT2D eigenvalue weighted by Crippen LogP contribution is -2.58. The number of carbonyl (C=O) groups excluding carboxylic acids is 1. The first kappa shape index (κ1) is 14.6. The molecule has 2 fully saturated rings. The van der Waals surface area contributed by atoms with Crippen LogP contribution in [0.5, 0.6) is 0 Å². The fraction of sp³-hybridized carbons (Fsp3) is 0.929. The zero-order valence-corrected chi connectivity index (χ0v) is 12.3. The zero-order chi connectivity index (χ0) is 14.1. The molecule has 2 saturated heterocycles. The van der Waals surface area contributed by atoms with Crippen molar-refractivity contribution < 1.29 is 14.3 Å². The standard InChI is InChI=1S/C14H26N2O3/c1-13(2,3)19-12(17)16-7-4-14(11(15)10-16)5-8-18-9-6-14/h11H,4-10,15H2,1-3H3/t11-/m0/s1. The number of likely N-dealkylation sites (tertiary alicyclic amines) is 1. The van der Waals surface area contributed by atoms with Crippen molar-refractivity contribution in [2.24, 2.45) is 11.1 Å². The number of nitrogens with two attached hydrogens (primary N) is 1. The van der Waals surface area contributed by atoms with E-state index in [9.17, 15) is 4.79 Å². The van der Waals surface area contributed by atoms with Crippen LogP contribution in [0, 0.1) is 5.41 Å². The fourth-order valence-corrected chi connectivity index (χ4v) is 2.96. The molecular formula is C14H26N2O3. The molecule has 1 spiro atoms. The molecule has 0 aliphatic carbocycles. The monoisotopic (exact) mass is 270 g/mol. The maximum atomic E-state index is 12.1. The summed E-state index contributed by atoms with van der Waals surface area (Å²) in [5, 5.41) is 0. The smallest absolute Gasteiger partial charge is 0.410 e. The van der Waals surface area contributed by atoms with E-state index >= 15 is 0 Å². The highest BCUT2D eigenvalue weighted by Gasteiger charge is 2.43. The van der Waals surface area contributed by atoms with Gasteiger partial charge in [0.1, 0.15) is 5.60 Å². The van der Waals surface area contributed by atoms with Gasteiger partial charge in [-0.25, -0.2) is 4.79 Å². The SMILES string of the molecule is CC(C)(C)OC(=O)N1CCC2(CCOCC2)[C@@H](N)C1. The number of piperidine rings is 1. The molecule has 0 saturated carbocycles. The molecule has 5 nitrogen and oxygen atoms in total. The van der Waals surface area contributed by atoms with E-state index < -0.39 is 5.60 Å². The fourth-order valence-electron chi connectivity index (χ4n) is 2.96. The number of hydrogen-bond acceptors (Lipinski definition) is 4. The molecule has 1 atom stereocenters. The molecule has 1 amide bonds. The van der Waals surface area contributed by atoms with Gasteiger partial charge < -0.3 is 20.1 Å². The van der Waals surface area contributed by atoms with Crippen LogP contribution in [0.2, 0.25) is 0 Å². The van der Waals surface area contributed by atoms with Gasteiger partial charge in [0.25, 0.3) is 0 Å². The minimum atomic E-state index is -0.449. The van der Waals surface area contributed by atoms with Crippen molar-refractivity contribution in [2.45, 2.75) is 51.7 Å². The van der Waals surface area contributed by atoms with Crippen LogP contribution < -0.4 is 5.73 Å². The number of ether oxygens (including phenoxy) is 2. The Morgan fingerprint density at radius 3 is 2.47 bits per heavy atom. The third-order valence-electron chi connectivity index (χ3n) is 4.22. The summed E-state index contributed by atoms with van der Waals surface area (Å²) in [5.74, 6) is 0. The summed E-state index contributed by atoms with van der Waals surface area (Å²) in [7, 11) is 0. The summed E-state index contributed by atoms with van der Waals surface area (Å²) >= 11 is 0. The lowest BCUT2D eigenvalue weighted by atomic mass is 9.69. The molecule has 0 radical (unpaired) electrons. The molecule has 0 aromatic carbocycles. The molecule has 0 unspecified atom stereocenters. The molecule has 110 valence electrons. The van der Waals surface area contributed by atoms with Crippen LogP contribution in [0.25, 0.3) is 0 Å². The van der Waals surface area contributed by atoms with Crippen LogP contribution >= 0.6 is 0 Å². The first-order valence-corrected chi connectivity index (χ1v) is 7.14. The van der Waals surface area contributed by atoms with Gasteiger partial charge in [0.05, 0.1) is 0 Å². The van der Waals surface area contributed by atoms with Crippen molar-refractivity contribution in [2.75, 3.05) is 26.3 Å². The maximum Gasteiger partial charge on any atom is 0.410 e. The zero-order valence-electron chi connectivity index (χ0n) is 12.3. The van der Waals surface area contributed by atoms with E-state index in [2.05, 4.69) is 0 Å². The van der Waals surface area contributed by atoms with Crippen LogP contribution in [0.1, 0.15) is 40.0 Å². The van der Waals surface area contributed by atoms with Crippen molar-refractivity contribution in [3.05, 3.63) is 0 Å². The average Bonchev–Trinajstić information content (AvgIpc) is 2.32. The van der Waals surface area contributed by atoms with Gasteiger partial charge >= 0.3 is 6.09 Å². The van der Waals surface area contributed by atoms with E-state index in [1.54, 1.807) is 4.90 Å². The number of carbonyl (C=O) groups is 1. The molecule has 5 heteroatoms. The molecule has 2 aliphatic heterocycles. The minimum Gasteiger partial charge on any atom is -0.444 e. The van der Waals surface area contributed by atoms with Gasteiger partial charge in [-0.15, -0.1) is 0 Å². The van der Waals surface area contributed by atoms with Crippen LogP contribution in [0.3, 0.4) is 0 Å². The Morgan fingerprint density at radius 2 is 1.95 bits per heavy atom. The van der Waals surface area contributed by atoms with Gasteiger partial charge in [0.15, 0.2) is 0 Å². The van der Waals surface area contributed by atoms with Crippen molar-refractivity contribution in [3.8, 4) is 0 Å². The highest BCUT2D eigenvalue weighted by Crippen LogP contribution is 2.40. The van der Waals surface area contributed by atoms with Gasteiger partial charge in [-0.1, -0.05) is 0 Å². The molecular weight excluding hydrogens is 244 g/mol. The Bertz CT molecular complexity index is 332. The Morgan fingerprint density at radius 1 is 1.32 bits per heavy atom. The lowest BCUT2D eigenvalue weighted by Gasteiger charge is -2.48. The number of amides is 1. The van der Waals surface area contributed by atoms with Gasteiger partial charge in [-0.2, -0.15) is 0 Å². The third kappa shape index (κ3) is 3.39. The summed E-state index contributed by atoms with van der Waals surface area (Å²) in [5.41, 5.74) is 6.05. The van der Waals surface area contributed by atoms with Crippen LogP contribution in [-0.2, 0) is 9.47 Å². The average molecular weight is 270 g/mol. The van der Waals surface area contributed by atoms with Crippen LogP contribution in [0.15, 0.2) is 0 Å². The van der Waals surface area contributed by atoms with E-state index in [0.29, 0.717) is 6.54 Å². The molecule has 2 heterocycles. The first-order valence-electron chi connectivity index (χ1n) is 7.14. The molecule has 0 bridgehead atoms. The molecule has 2 N–H and O–H groups in total. The maximum absolute atomic E-state index is 12.1. The summed E-state index contributed by atoms with van der Waals surface area (Å²) in [6.45, 7) is 8.57. The highest BCUT2D eigenvalue weighted by atomic mass is 16.6. The topological polar surface area (TPSA) is 64.8 Å². The summed E-state index contributed by atoms with van der Waals surface area (Å²) < 4.78 is 10.8. The summed E-state index contributed by atoms with van der Waals surface area (Å²) in [6.07, 6.45) is 2.73. The summed E-state index contributed by atoms with van der Waals surface area (Å²) in [6, 6.07) is 0.0256. The van der Waals surface area contributed by atoms with Gasteiger partial charge in [0, 0.05) is 32.3 Å². The van der Waals surface area contributed by atoms with Gasteiger partial charge in [-0.3, -0.25) is 0 Å². The normalized spacial score (nSPS) is 27.4. The third-order valence-corrected chi connectivity index (χ3v) is 4.22. The van der Waals surface area contributed by atoms with E-state index in [1.807, 2.05) is 20.8 Å². The van der Waals surface area contributed by atoms with Gasteiger partial charge in [0.2, 0.25) is 0 Å². The van der Waals surface area contributed by atoms with Crippen molar-refractivity contribution in [1.29, 1.82) is 0 Å². The molecule has 0 aromatic heterocycles. The number of hydrogen-bond donors (Lipinski definition) is 1. The second-order valence-electron chi connectivity index (χ2n) is 6.76. The van der Waals surface area contributed by atoms with E-state index in [0.717, 1.165) is 39.0 Å². The second kappa shape index (κ2) is 5.29. The Balaban J connectivity index is 1.94. The molecule has 2 aliphatic rings. The van der Waals surface area contributed by atoms with E-state index in [4.69, 9.17) is 15.2 Å². The van der Waals surface area contributed by atoms with E-state index in [1.165, 1.54) is 0 Å². The largest absolute Gasteiger partial charge is 0.444 e. The van der Waals surface area contributed by atoms with E-state index in [-0.39, 0.29) is 17.6 Å². The molecule has 19 heavy (non-hydrogen) atoms. The van der Waals surface area contributed by atoms with Crippen LogP contribution in [-0.4, -0.2) is 48.9 Å². The predicted molar refractivity (Wildman–Crippen MR) is 72.9 cm³/mol. The number of nitrogens with zero attached hydrogens (tertiary/aromatic N) is 1. The van der Waals surface area contributed by atoms with Crippen molar-refractivity contribution in [3.63, 3.8) is 0 Å². The quantitative estimate of drug-likeness (QED) is 0.728. The Hall–Kier alpha value is -0.810. The Labute approximate surface area is 115 Å². The minimum absolute atomic E-state index is 0.0256. The second-order valence-corrected chi connectivity index (χ2v) is 6.76. The van der Waals surface area contributed by atoms with Crippen molar-refractivity contribution >= 4 is 6.09 Å². The summed E-state index contributed by atoms with van der Waals surface area (Å²) in [4.78, 5) is 13.8. The van der Waals surface area contributed by atoms with Crippen molar-refractivity contribution in [1.82, 2.24) is 4.90 Å². The first-order chi connectivity index (χ1) is 8.82. The van der Waals surface area contributed by atoms with Gasteiger partial charge in [-0.05, 0) is 45.4 Å². The molecule has 0 aromatic rings. The lowest BCUT2D eigenvalue weighted by molar-refractivity contribution is -0.0398.